The summed E-state index contributed by atoms with van der Waals surface area (Å²) in [5, 5.41) is 23.5. The molecule has 54 heavy (non-hydrogen) atoms. The van der Waals surface area contributed by atoms with Crippen LogP contribution in [0.25, 0.3) is 32.1 Å². The fourth-order valence-corrected chi connectivity index (χ4v) is 9.09. The predicted octanol–water partition coefficient (Wildman–Crippen LogP) is 6.08. The number of morpholine rings is 1. The third-order valence-electron chi connectivity index (χ3n) is 10.3. The number of benzene rings is 2. The number of ether oxygens (including phenoxy) is 4. The van der Waals surface area contributed by atoms with Gasteiger partial charge in [0.1, 0.15) is 46.5 Å². The lowest BCUT2D eigenvalue weighted by atomic mass is 9.90. The monoisotopic (exact) mass is 763 g/mol. The van der Waals surface area contributed by atoms with Crippen molar-refractivity contribution in [2.45, 2.75) is 70.6 Å². The summed E-state index contributed by atoms with van der Waals surface area (Å²) in [4.78, 5) is 39.8. The van der Waals surface area contributed by atoms with E-state index in [1.165, 1.54) is 17.0 Å². The van der Waals surface area contributed by atoms with Crippen molar-refractivity contribution in [1.29, 1.82) is 5.26 Å². The van der Waals surface area contributed by atoms with Gasteiger partial charge in [-0.2, -0.15) is 15.2 Å². The highest BCUT2D eigenvalue weighted by Crippen LogP contribution is 2.49. The predicted molar refractivity (Wildman–Crippen MR) is 195 cm³/mol. The number of carbonyl (C=O) groups excluding carboxylic acids is 1. The first-order valence-corrected chi connectivity index (χ1v) is 18.6. The molecule has 284 valence electrons. The molecule has 6 heterocycles. The number of aromatic nitrogens is 2. The molecule has 0 spiro atoms. The van der Waals surface area contributed by atoms with Crippen LogP contribution >= 0.6 is 11.3 Å². The number of rotatable bonds is 6. The molecular weight excluding hydrogens is 725 g/mol. The minimum atomic E-state index is -1.00. The Hall–Kier alpha value is -4.89. The van der Waals surface area contributed by atoms with Crippen molar-refractivity contribution in [3.63, 3.8) is 0 Å². The summed E-state index contributed by atoms with van der Waals surface area (Å²) in [7, 11) is 1.98. The average molecular weight is 764 g/mol. The van der Waals surface area contributed by atoms with Crippen LogP contribution in [0.3, 0.4) is 0 Å². The van der Waals surface area contributed by atoms with Crippen molar-refractivity contribution in [2.24, 2.45) is 0 Å². The van der Waals surface area contributed by atoms with E-state index in [-0.39, 0.29) is 89.7 Å². The van der Waals surface area contributed by atoms with Crippen LogP contribution in [-0.4, -0.2) is 107 Å². The largest absolute Gasteiger partial charge is 0.465 e. The number of hydrogen-bond donors (Lipinski definition) is 2. The number of halogens is 2. The third-order valence-corrected chi connectivity index (χ3v) is 11.3. The van der Waals surface area contributed by atoms with Crippen LogP contribution < -0.4 is 15.0 Å². The minimum Gasteiger partial charge on any atom is -0.465 e. The molecule has 4 aliphatic rings. The normalized spacial score (nSPS) is 21.4. The number of fused-ring (bicyclic) bond motifs is 6. The molecule has 2 bridgehead atoms. The Morgan fingerprint density at radius 1 is 1.09 bits per heavy atom. The van der Waals surface area contributed by atoms with E-state index in [2.05, 4.69) is 26.2 Å². The van der Waals surface area contributed by atoms with E-state index in [1.807, 2.05) is 7.05 Å². The molecule has 4 aromatic rings. The van der Waals surface area contributed by atoms with Crippen LogP contribution in [0.4, 0.5) is 29.2 Å². The van der Waals surface area contributed by atoms with Gasteiger partial charge in [-0.05, 0) is 63.9 Å². The maximum atomic E-state index is 17.6. The van der Waals surface area contributed by atoms with Crippen molar-refractivity contribution >= 4 is 55.3 Å². The third kappa shape index (κ3) is 6.40. The van der Waals surface area contributed by atoms with Crippen LogP contribution in [0, 0.1) is 23.0 Å². The Kier molecular flexibility index (Phi) is 9.20. The second-order valence-corrected chi connectivity index (χ2v) is 16.1. The van der Waals surface area contributed by atoms with Crippen LogP contribution in [0.2, 0.25) is 0 Å². The van der Waals surface area contributed by atoms with Gasteiger partial charge in [-0.1, -0.05) is 0 Å². The van der Waals surface area contributed by atoms with E-state index in [1.54, 1.807) is 20.8 Å². The van der Waals surface area contributed by atoms with Gasteiger partial charge in [-0.3, -0.25) is 5.32 Å². The van der Waals surface area contributed by atoms with Crippen molar-refractivity contribution < 1.29 is 42.4 Å². The van der Waals surface area contributed by atoms with Gasteiger partial charge in [0, 0.05) is 59.5 Å². The van der Waals surface area contributed by atoms with Crippen molar-refractivity contribution in [3.8, 4) is 23.2 Å². The van der Waals surface area contributed by atoms with Crippen LogP contribution in [0.1, 0.15) is 50.3 Å². The first-order chi connectivity index (χ1) is 25.8. The summed E-state index contributed by atoms with van der Waals surface area (Å²) < 4.78 is 57.8. The van der Waals surface area contributed by atoms with E-state index in [0.717, 1.165) is 17.9 Å². The van der Waals surface area contributed by atoms with Crippen LogP contribution in [-0.2, 0) is 27.4 Å². The molecule has 14 nitrogen and oxygen atoms in total. The number of nitrogens with zero attached hydrogens (tertiary/aromatic N) is 6. The Bertz CT molecular complexity index is 2220. The molecule has 2 N–H and O–H groups in total. The van der Waals surface area contributed by atoms with Gasteiger partial charge >= 0.3 is 18.2 Å². The van der Waals surface area contributed by atoms with E-state index in [0.29, 0.717) is 53.0 Å². The molecule has 3 atom stereocenters. The fourth-order valence-electron chi connectivity index (χ4n) is 8.05. The number of likely N-dealkylation sites (N-methyl/N-ethyl adjacent to an activating group) is 1. The number of carboxylic acid groups (broad SMARTS) is 1. The zero-order valence-electron chi connectivity index (χ0n) is 30.2. The van der Waals surface area contributed by atoms with Gasteiger partial charge in [0.05, 0.1) is 30.8 Å². The van der Waals surface area contributed by atoms with Gasteiger partial charge in [0.2, 0.25) is 0 Å². The number of hydrogen-bond acceptors (Lipinski definition) is 12. The van der Waals surface area contributed by atoms with Gasteiger partial charge in [-0.25, -0.2) is 18.4 Å². The smallest absolute Gasteiger partial charge is 0.412 e. The minimum absolute atomic E-state index is 0.0414. The molecule has 2 aromatic carbocycles. The number of carbonyl (C=O) groups is 2. The lowest BCUT2D eigenvalue weighted by Gasteiger charge is -2.41. The molecule has 2 amide bonds. The Morgan fingerprint density at radius 2 is 1.83 bits per heavy atom. The average Bonchev–Trinajstić information content (AvgIpc) is 3.80. The van der Waals surface area contributed by atoms with Crippen molar-refractivity contribution in [1.82, 2.24) is 19.8 Å². The van der Waals surface area contributed by atoms with Gasteiger partial charge in [0.25, 0.3) is 0 Å². The second kappa shape index (κ2) is 13.8. The van der Waals surface area contributed by atoms with E-state index in [4.69, 9.17) is 23.9 Å². The number of nitriles is 1. The Balaban J connectivity index is 1.31. The highest BCUT2D eigenvalue weighted by atomic mass is 32.1. The van der Waals surface area contributed by atoms with Crippen LogP contribution in [0.5, 0.6) is 6.01 Å². The van der Waals surface area contributed by atoms with E-state index >= 15 is 8.78 Å². The van der Waals surface area contributed by atoms with Crippen LogP contribution in [0.15, 0.2) is 12.1 Å². The zero-order valence-corrected chi connectivity index (χ0v) is 31.0. The lowest BCUT2D eigenvalue weighted by molar-refractivity contribution is -0.0416. The topological polar surface area (TPSA) is 163 Å². The van der Waals surface area contributed by atoms with Gasteiger partial charge < -0.3 is 38.8 Å². The van der Waals surface area contributed by atoms with Crippen molar-refractivity contribution in [2.75, 3.05) is 56.7 Å². The highest BCUT2D eigenvalue weighted by molar-refractivity contribution is 7.23. The number of anilines is 2. The van der Waals surface area contributed by atoms with Gasteiger partial charge in [0.15, 0.2) is 5.82 Å². The number of thiophene rings is 1. The Morgan fingerprint density at radius 3 is 2.52 bits per heavy atom. The molecule has 4 aliphatic heterocycles. The summed E-state index contributed by atoms with van der Waals surface area (Å²) in [6.45, 7) is 7.62. The fraction of sp³-hybridized carbons (Fsp3) is 0.486. The number of piperazine rings is 1. The standard InChI is InChI=1S/C37H39F2N7O7S/c1-37(2,3)53-35(47)43-33-21(11-40)26-25(54-33)8-7-24(38)29(26)27-22-16-50-17-23(22)28-31(30(27)39)41-34(52-15-20-14-44(4)9-10-51-20)42-32(28)46-18-5-6-19(46)13-45(12-18)36(48)49/h7-8,18-20H,5-6,9-10,12-17H2,1-4H3,(H,43,47)(H,48,49)/t18?,19?,20-/m1/s1. The summed E-state index contributed by atoms with van der Waals surface area (Å²) in [6, 6.07) is 4.23. The Labute approximate surface area is 313 Å². The quantitative estimate of drug-likeness (QED) is 0.233. The molecule has 0 aliphatic carbocycles. The molecule has 8 rings (SSSR count). The SMILES string of the molecule is CN1CCO[C@@H](COc2nc(N3C4CCC3CN(C(=O)O)C4)c3c4c(c(-c5c(F)ccc6sc(NC(=O)OC(C)(C)C)c(C#N)c56)c(F)c3n2)COC4)C1. The molecule has 2 aromatic heterocycles. The molecule has 3 saturated heterocycles. The second-order valence-electron chi connectivity index (χ2n) is 15.1. The first kappa shape index (κ1) is 36.1. The molecular formula is C37H39F2N7O7S. The number of nitrogens with one attached hydrogen (secondary N) is 1. The molecule has 17 heteroatoms. The molecule has 2 unspecified atom stereocenters. The van der Waals surface area contributed by atoms with Gasteiger partial charge in [-0.15, -0.1) is 11.3 Å². The van der Waals surface area contributed by atoms with E-state index < -0.39 is 29.4 Å². The summed E-state index contributed by atoms with van der Waals surface area (Å²) in [5.74, 6) is -1.23. The summed E-state index contributed by atoms with van der Waals surface area (Å²) in [5.41, 5.74) is -0.285. The highest BCUT2D eigenvalue weighted by Gasteiger charge is 2.44. The zero-order chi connectivity index (χ0) is 38.1. The maximum absolute atomic E-state index is 17.6. The number of amides is 2. The lowest BCUT2D eigenvalue weighted by Crippen LogP contribution is -2.55. The first-order valence-electron chi connectivity index (χ1n) is 17.8. The molecule has 0 radical (unpaired) electrons. The number of likely N-dealkylation sites (tertiary alicyclic amines) is 1. The van der Waals surface area contributed by atoms with E-state index in [9.17, 15) is 20.0 Å². The molecule has 0 saturated carbocycles. The molecule has 3 fully saturated rings. The summed E-state index contributed by atoms with van der Waals surface area (Å²) in [6.07, 6.45) is -0.664. The maximum Gasteiger partial charge on any atom is 0.412 e. The van der Waals surface area contributed by atoms with Crippen molar-refractivity contribution in [3.05, 3.63) is 40.5 Å². The summed E-state index contributed by atoms with van der Waals surface area (Å²) >= 11 is 1.05.